The molecule has 0 aliphatic rings. The second kappa shape index (κ2) is 5.12. The molecule has 3 N–H and O–H groups in total. The zero-order chi connectivity index (χ0) is 15.1. The summed E-state index contributed by atoms with van der Waals surface area (Å²) in [6.45, 7) is 1.66. The van der Waals surface area contributed by atoms with Gasteiger partial charge in [-0.2, -0.15) is 8.42 Å². The van der Waals surface area contributed by atoms with Gasteiger partial charge in [-0.15, -0.1) is 0 Å². The van der Waals surface area contributed by atoms with E-state index in [1.165, 1.54) is 24.0 Å². The van der Waals surface area contributed by atoms with Gasteiger partial charge in [0.05, 0.1) is 12.0 Å². The van der Waals surface area contributed by atoms with Crippen molar-refractivity contribution in [2.24, 2.45) is 7.05 Å². The van der Waals surface area contributed by atoms with E-state index in [0.717, 1.165) is 0 Å². The molecule has 0 aliphatic carbocycles. The molecule has 108 valence electrons. The molecule has 7 nitrogen and oxygen atoms in total. The highest BCUT2D eigenvalue weighted by molar-refractivity contribution is 7.92. The molecule has 0 fully saturated rings. The molecule has 0 radical (unpaired) electrons. The van der Waals surface area contributed by atoms with Crippen LogP contribution in [0, 0.1) is 6.92 Å². The van der Waals surface area contributed by atoms with Crippen molar-refractivity contribution < 1.29 is 8.42 Å². The van der Waals surface area contributed by atoms with E-state index < -0.39 is 10.0 Å². The Hall–Kier alpha value is -1.51. The van der Waals surface area contributed by atoms with Crippen LogP contribution >= 0.6 is 23.2 Å². The molecule has 0 saturated carbocycles. The average molecular weight is 336 g/mol. The first-order chi connectivity index (χ1) is 9.22. The van der Waals surface area contributed by atoms with Gasteiger partial charge in [-0.3, -0.25) is 4.72 Å². The van der Waals surface area contributed by atoms with Crippen LogP contribution in [0.3, 0.4) is 0 Å². The molecule has 2 rings (SSSR count). The molecule has 0 saturated heterocycles. The summed E-state index contributed by atoms with van der Waals surface area (Å²) in [5, 5.41) is -0.0160. The van der Waals surface area contributed by atoms with Crippen LogP contribution < -0.4 is 10.5 Å². The first-order valence-electron chi connectivity index (χ1n) is 5.34. The van der Waals surface area contributed by atoms with Crippen molar-refractivity contribution in [1.29, 1.82) is 0 Å². The van der Waals surface area contributed by atoms with Gasteiger partial charge in [-0.25, -0.2) is 9.97 Å². The highest BCUT2D eigenvalue weighted by Gasteiger charge is 2.24. The van der Waals surface area contributed by atoms with E-state index in [0.29, 0.717) is 5.56 Å². The predicted molar refractivity (Wildman–Crippen MR) is 77.4 cm³/mol. The third kappa shape index (κ3) is 2.67. The number of sulfonamides is 1. The number of imidazole rings is 1. The Labute approximate surface area is 125 Å². The number of pyridine rings is 1. The third-order valence-corrected chi connectivity index (χ3v) is 4.49. The number of nitrogens with one attached hydrogen (secondary N) is 1. The summed E-state index contributed by atoms with van der Waals surface area (Å²) in [5.41, 5.74) is 6.25. The van der Waals surface area contributed by atoms with Crippen molar-refractivity contribution in [1.82, 2.24) is 14.5 Å². The van der Waals surface area contributed by atoms with E-state index in [9.17, 15) is 8.42 Å². The van der Waals surface area contributed by atoms with Crippen molar-refractivity contribution >= 4 is 44.7 Å². The van der Waals surface area contributed by atoms with Crippen LogP contribution in [-0.4, -0.2) is 23.0 Å². The highest BCUT2D eigenvalue weighted by Crippen LogP contribution is 2.29. The lowest BCUT2D eigenvalue weighted by Gasteiger charge is -2.12. The number of nitrogens with zero attached hydrogens (tertiary/aromatic N) is 3. The molecule has 0 unspecified atom stereocenters. The quantitative estimate of drug-likeness (QED) is 0.832. The second-order valence-corrected chi connectivity index (χ2v) is 6.42. The zero-order valence-electron chi connectivity index (χ0n) is 10.6. The molecule has 20 heavy (non-hydrogen) atoms. The number of anilines is 2. The SMILES string of the molecule is Cc1cc(Cl)nc(Cl)c1NS(=O)(=O)c1c(N)ncn1C. The summed E-state index contributed by atoms with van der Waals surface area (Å²) >= 11 is 11.6. The van der Waals surface area contributed by atoms with Crippen molar-refractivity contribution in [3.63, 3.8) is 0 Å². The van der Waals surface area contributed by atoms with E-state index in [-0.39, 0.29) is 26.8 Å². The lowest BCUT2D eigenvalue weighted by Crippen LogP contribution is -2.18. The monoisotopic (exact) mass is 335 g/mol. The number of halogens is 2. The predicted octanol–water partition coefficient (Wildman–Crippen LogP) is 1.81. The van der Waals surface area contributed by atoms with Crippen molar-refractivity contribution in [2.75, 3.05) is 10.5 Å². The molecule has 0 bridgehead atoms. The van der Waals surface area contributed by atoms with Crippen LogP contribution in [0.1, 0.15) is 5.56 Å². The van der Waals surface area contributed by atoms with Gasteiger partial charge >= 0.3 is 0 Å². The molecule has 0 aliphatic heterocycles. The van der Waals surface area contributed by atoms with Crippen molar-refractivity contribution in [2.45, 2.75) is 11.9 Å². The van der Waals surface area contributed by atoms with Gasteiger partial charge in [0.1, 0.15) is 5.15 Å². The summed E-state index contributed by atoms with van der Waals surface area (Å²) in [4.78, 5) is 7.53. The summed E-state index contributed by atoms with van der Waals surface area (Å²) in [6.07, 6.45) is 1.30. The average Bonchev–Trinajstić information content (AvgIpc) is 2.64. The maximum atomic E-state index is 12.3. The number of nitrogen functional groups attached to an aromatic ring is 1. The molecule has 0 aromatic carbocycles. The maximum Gasteiger partial charge on any atom is 0.281 e. The fraction of sp³-hybridized carbons (Fsp3) is 0.200. The number of hydrogen-bond acceptors (Lipinski definition) is 5. The molecular weight excluding hydrogens is 325 g/mol. The Morgan fingerprint density at radius 3 is 2.55 bits per heavy atom. The largest absolute Gasteiger partial charge is 0.381 e. The zero-order valence-corrected chi connectivity index (χ0v) is 12.9. The molecule has 2 heterocycles. The van der Waals surface area contributed by atoms with Crippen LogP contribution in [-0.2, 0) is 17.1 Å². The first kappa shape index (κ1) is 14.9. The Morgan fingerprint density at radius 1 is 1.40 bits per heavy atom. The Bertz CT molecular complexity index is 729. The second-order valence-electron chi connectivity index (χ2n) is 4.08. The molecule has 10 heteroatoms. The van der Waals surface area contributed by atoms with Crippen LogP contribution in [0.5, 0.6) is 0 Å². The summed E-state index contributed by atoms with van der Waals surface area (Å²) in [6, 6.07) is 1.50. The fourth-order valence-corrected chi connectivity index (χ4v) is 3.68. The van der Waals surface area contributed by atoms with E-state index in [2.05, 4.69) is 14.7 Å². The molecule has 0 amide bonds. The minimum atomic E-state index is -3.93. The van der Waals surface area contributed by atoms with Gasteiger partial charge in [0.25, 0.3) is 10.0 Å². The van der Waals surface area contributed by atoms with Crippen molar-refractivity contribution in [3.05, 3.63) is 28.3 Å². The smallest absolute Gasteiger partial charge is 0.281 e. The number of aromatic nitrogens is 3. The van der Waals surface area contributed by atoms with E-state index in [1.807, 2.05) is 0 Å². The summed E-state index contributed by atoms with van der Waals surface area (Å²) in [7, 11) is -2.41. The minimum absolute atomic E-state index is 0.0423. The molecule has 2 aromatic heterocycles. The number of rotatable bonds is 3. The fourth-order valence-electron chi connectivity index (χ4n) is 1.67. The molecule has 0 spiro atoms. The lowest BCUT2D eigenvalue weighted by molar-refractivity contribution is 0.592. The summed E-state index contributed by atoms with van der Waals surface area (Å²) < 4.78 is 28.3. The molecule has 0 atom stereocenters. The van der Waals surface area contributed by atoms with E-state index in [4.69, 9.17) is 28.9 Å². The normalized spacial score (nSPS) is 11.6. The standard InChI is InChI=1S/C10H11Cl2N5O2S/c1-5-3-6(11)15-8(12)7(5)16-20(18,19)10-9(13)14-4-17(10)2/h3-4,16H,13H2,1-2H3. The van der Waals surface area contributed by atoms with Crippen molar-refractivity contribution in [3.8, 4) is 0 Å². The number of aryl methyl sites for hydroxylation is 2. The third-order valence-electron chi connectivity index (χ3n) is 2.54. The Kier molecular flexibility index (Phi) is 3.81. The van der Waals surface area contributed by atoms with Gasteiger partial charge in [0, 0.05) is 7.05 Å². The van der Waals surface area contributed by atoms with Crippen LogP contribution in [0.2, 0.25) is 10.3 Å². The highest BCUT2D eigenvalue weighted by atomic mass is 35.5. The number of hydrogen-bond donors (Lipinski definition) is 2. The van der Waals surface area contributed by atoms with Crippen LogP contribution in [0.25, 0.3) is 0 Å². The van der Waals surface area contributed by atoms with Gasteiger partial charge in [-0.05, 0) is 18.6 Å². The van der Waals surface area contributed by atoms with Crippen LogP contribution in [0.15, 0.2) is 17.4 Å². The Balaban J connectivity index is 2.50. The van der Waals surface area contributed by atoms with Gasteiger partial charge < -0.3 is 10.3 Å². The van der Waals surface area contributed by atoms with Gasteiger partial charge in [0.15, 0.2) is 16.0 Å². The molecule has 2 aromatic rings. The maximum absolute atomic E-state index is 12.3. The summed E-state index contributed by atoms with van der Waals surface area (Å²) in [5.74, 6) is -0.101. The minimum Gasteiger partial charge on any atom is -0.381 e. The Morgan fingerprint density at radius 2 is 2.05 bits per heavy atom. The lowest BCUT2D eigenvalue weighted by atomic mass is 10.3. The van der Waals surface area contributed by atoms with Crippen LogP contribution in [0.4, 0.5) is 11.5 Å². The van der Waals surface area contributed by atoms with E-state index >= 15 is 0 Å². The van der Waals surface area contributed by atoms with Gasteiger partial charge in [-0.1, -0.05) is 23.2 Å². The van der Waals surface area contributed by atoms with E-state index in [1.54, 1.807) is 6.92 Å². The van der Waals surface area contributed by atoms with Gasteiger partial charge in [0.2, 0.25) is 0 Å². The first-order valence-corrected chi connectivity index (χ1v) is 7.58. The number of nitrogens with two attached hydrogens (primary N) is 1. The molecular formula is C10H11Cl2N5O2S. The topological polar surface area (TPSA) is 103 Å².